The number of aliphatic hydroxyl groups excluding tert-OH is 3. The van der Waals surface area contributed by atoms with Gasteiger partial charge in [-0.25, -0.2) is 0 Å². The highest BCUT2D eigenvalue weighted by molar-refractivity contribution is 5.99. The van der Waals surface area contributed by atoms with E-state index in [0.29, 0.717) is 22.3 Å². The Kier molecular flexibility index (Phi) is 4.40. The fourth-order valence-electron chi connectivity index (χ4n) is 2.92. The van der Waals surface area contributed by atoms with E-state index in [4.69, 9.17) is 0 Å². The van der Waals surface area contributed by atoms with Gasteiger partial charge in [-0.2, -0.15) is 0 Å². The lowest BCUT2D eigenvalue weighted by molar-refractivity contribution is 0.260. The summed E-state index contributed by atoms with van der Waals surface area (Å²) in [4.78, 5) is 0. The Morgan fingerprint density at radius 2 is 1.21 bits per heavy atom. The molecule has 0 atom stereocenters. The number of hydrogen-bond acceptors (Lipinski definition) is 5. The van der Waals surface area contributed by atoms with E-state index in [9.17, 15) is 25.5 Å². The average molecular weight is 326 g/mol. The van der Waals surface area contributed by atoms with Crippen LogP contribution in [0.2, 0.25) is 0 Å². The van der Waals surface area contributed by atoms with Crippen molar-refractivity contribution in [3.8, 4) is 22.6 Å². The minimum atomic E-state index is -0.221. The van der Waals surface area contributed by atoms with Crippen molar-refractivity contribution in [3.63, 3.8) is 0 Å². The highest BCUT2D eigenvalue weighted by Crippen LogP contribution is 2.36. The predicted molar refractivity (Wildman–Crippen MR) is 90.5 cm³/mol. The molecule has 0 aliphatic carbocycles. The van der Waals surface area contributed by atoms with Gasteiger partial charge < -0.3 is 25.5 Å². The molecular formula is C19H18O5. The Hall–Kier alpha value is -2.60. The molecule has 0 spiro atoms. The van der Waals surface area contributed by atoms with E-state index >= 15 is 0 Å². The molecule has 124 valence electrons. The molecular weight excluding hydrogens is 308 g/mol. The molecule has 5 nitrogen and oxygen atoms in total. The number of aromatic hydroxyl groups is 2. The van der Waals surface area contributed by atoms with E-state index in [0.717, 1.165) is 16.3 Å². The van der Waals surface area contributed by atoms with Crippen LogP contribution < -0.4 is 0 Å². The molecule has 0 saturated carbocycles. The monoisotopic (exact) mass is 326 g/mol. The summed E-state index contributed by atoms with van der Waals surface area (Å²) < 4.78 is 0. The summed E-state index contributed by atoms with van der Waals surface area (Å²) in [6, 6.07) is 11.7. The molecule has 3 aromatic rings. The summed E-state index contributed by atoms with van der Waals surface area (Å²) in [6.07, 6.45) is 0. The fraction of sp³-hybridized carbons (Fsp3) is 0.158. The standard InChI is InChI=1S/C19H18O5/c20-8-12-1-3-15(11-2-4-18(23)19(24)7-11)17-6-14(10-22)13(9-21)5-16(12)17/h1-7,20-24H,8-10H2. The third-order valence-corrected chi connectivity index (χ3v) is 4.22. The normalized spacial score (nSPS) is 11.1. The van der Waals surface area contributed by atoms with Crippen LogP contribution in [0.4, 0.5) is 0 Å². The number of hydrogen-bond donors (Lipinski definition) is 5. The van der Waals surface area contributed by atoms with Crippen LogP contribution in [0.15, 0.2) is 42.5 Å². The van der Waals surface area contributed by atoms with Crippen molar-refractivity contribution in [3.05, 3.63) is 59.2 Å². The second-order valence-electron chi connectivity index (χ2n) is 5.62. The quantitative estimate of drug-likeness (QED) is 0.474. The minimum absolute atomic E-state index is 0.152. The first kappa shape index (κ1) is 16.3. The maximum Gasteiger partial charge on any atom is 0.158 e. The van der Waals surface area contributed by atoms with Crippen molar-refractivity contribution in [2.75, 3.05) is 0 Å². The molecule has 0 aromatic heterocycles. The fourth-order valence-corrected chi connectivity index (χ4v) is 2.92. The number of phenolic OH excluding ortho intramolecular Hbond substituents is 2. The molecule has 24 heavy (non-hydrogen) atoms. The maximum absolute atomic E-state index is 9.75. The maximum atomic E-state index is 9.75. The SMILES string of the molecule is OCc1cc2c(CO)ccc(-c3ccc(O)c(O)c3)c2cc1CO. The molecule has 0 fully saturated rings. The number of rotatable bonds is 4. The molecule has 0 unspecified atom stereocenters. The van der Waals surface area contributed by atoms with Crippen LogP contribution in [0.3, 0.4) is 0 Å². The van der Waals surface area contributed by atoms with Crippen molar-refractivity contribution >= 4 is 10.8 Å². The number of fused-ring (bicyclic) bond motifs is 1. The van der Waals surface area contributed by atoms with Crippen molar-refractivity contribution in [1.82, 2.24) is 0 Å². The first-order chi connectivity index (χ1) is 11.6. The van der Waals surface area contributed by atoms with Crippen LogP contribution in [-0.4, -0.2) is 25.5 Å². The summed E-state index contributed by atoms with van der Waals surface area (Å²) in [5.41, 5.74) is 3.39. The van der Waals surface area contributed by atoms with Gasteiger partial charge in [-0.3, -0.25) is 0 Å². The van der Waals surface area contributed by atoms with Crippen LogP contribution in [0.25, 0.3) is 21.9 Å². The highest BCUT2D eigenvalue weighted by Gasteiger charge is 2.13. The van der Waals surface area contributed by atoms with Crippen LogP contribution >= 0.6 is 0 Å². The molecule has 0 amide bonds. The zero-order chi connectivity index (χ0) is 17.3. The zero-order valence-electron chi connectivity index (χ0n) is 12.9. The topological polar surface area (TPSA) is 101 Å². The summed E-state index contributed by atoms with van der Waals surface area (Å²) in [5.74, 6) is -0.421. The van der Waals surface area contributed by atoms with E-state index in [1.54, 1.807) is 24.3 Å². The second-order valence-corrected chi connectivity index (χ2v) is 5.62. The van der Waals surface area contributed by atoms with E-state index in [1.807, 2.05) is 6.07 Å². The lowest BCUT2D eigenvalue weighted by Crippen LogP contribution is -1.97. The molecule has 0 radical (unpaired) electrons. The molecule has 3 rings (SSSR count). The minimum Gasteiger partial charge on any atom is -0.504 e. The molecule has 3 aromatic carbocycles. The predicted octanol–water partition coefficient (Wildman–Crippen LogP) is 2.39. The molecule has 0 bridgehead atoms. The molecule has 5 heteroatoms. The molecule has 0 heterocycles. The van der Waals surface area contributed by atoms with Gasteiger partial charge in [-0.1, -0.05) is 18.2 Å². The van der Waals surface area contributed by atoms with Gasteiger partial charge in [0.25, 0.3) is 0 Å². The van der Waals surface area contributed by atoms with Gasteiger partial charge in [0.2, 0.25) is 0 Å². The van der Waals surface area contributed by atoms with E-state index in [2.05, 4.69) is 0 Å². The largest absolute Gasteiger partial charge is 0.504 e. The van der Waals surface area contributed by atoms with E-state index < -0.39 is 0 Å². The highest BCUT2D eigenvalue weighted by atomic mass is 16.3. The Balaban J connectivity index is 2.34. The lowest BCUT2D eigenvalue weighted by Gasteiger charge is -2.15. The molecule has 5 N–H and O–H groups in total. The first-order valence-corrected chi connectivity index (χ1v) is 7.51. The van der Waals surface area contributed by atoms with Gasteiger partial charge in [-0.05, 0) is 62.9 Å². The molecule has 0 aliphatic rings. The zero-order valence-corrected chi connectivity index (χ0v) is 12.9. The lowest BCUT2D eigenvalue weighted by atomic mass is 9.91. The second kappa shape index (κ2) is 6.49. The van der Waals surface area contributed by atoms with Gasteiger partial charge in [0, 0.05) is 0 Å². The van der Waals surface area contributed by atoms with Gasteiger partial charge in [0.1, 0.15) is 0 Å². The van der Waals surface area contributed by atoms with Crippen LogP contribution in [0.5, 0.6) is 11.5 Å². The van der Waals surface area contributed by atoms with Crippen LogP contribution in [0, 0.1) is 0 Å². The summed E-state index contributed by atoms with van der Waals surface area (Å²) in [7, 11) is 0. The average Bonchev–Trinajstić information content (AvgIpc) is 2.61. The van der Waals surface area contributed by atoms with Crippen molar-refractivity contribution < 1.29 is 25.5 Å². The van der Waals surface area contributed by atoms with Gasteiger partial charge >= 0.3 is 0 Å². The molecule has 0 saturated heterocycles. The van der Waals surface area contributed by atoms with Gasteiger partial charge in [0.15, 0.2) is 11.5 Å². The van der Waals surface area contributed by atoms with E-state index in [-0.39, 0.29) is 31.3 Å². The number of phenols is 2. The third-order valence-electron chi connectivity index (χ3n) is 4.22. The van der Waals surface area contributed by atoms with Gasteiger partial charge in [0.05, 0.1) is 19.8 Å². The van der Waals surface area contributed by atoms with Crippen molar-refractivity contribution in [2.45, 2.75) is 19.8 Å². The summed E-state index contributed by atoms with van der Waals surface area (Å²) in [5, 5.41) is 49.4. The van der Waals surface area contributed by atoms with Crippen molar-refractivity contribution in [2.24, 2.45) is 0 Å². The Labute approximate surface area is 138 Å². The Bertz CT molecular complexity index is 902. The smallest absolute Gasteiger partial charge is 0.158 e. The van der Waals surface area contributed by atoms with Gasteiger partial charge in [-0.15, -0.1) is 0 Å². The summed E-state index contributed by atoms with van der Waals surface area (Å²) >= 11 is 0. The molecule has 0 aliphatic heterocycles. The Morgan fingerprint density at radius 3 is 1.79 bits per heavy atom. The third kappa shape index (κ3) is 2.69. The first-order valence-electron chi connectivity index (χ1n) is 7.51. The van der Waals surface area contributed by atoms with Crippen molar-refractivity contribution in [1.29, 1.82) is 0 Å². The van der Waals surface area contributed by atoms with Crippen LogP contribution in [0.1, 0.15) is 16.7 Å². The summed E-state index contributed by atoms with van der Waals surface area (Å²) in [6.45, 7) is -0.572. The number of aliphatic hydroxyl groups is 3. The Morgan fingerprint density at radius 1 is 0.583 bits per heavy atom. The van der Waals surface area contributed by atoms with E-state index in [1.165, 1.54) is 12.1 Å². The number of benzene rings is 3. The van der Waals surface area contributed by atoms with Crippen LogP contribution in [-0.2, 0) is 19.8 Å².